The van der Waals surface area contributed by atoms with Crippen LogP contribution in [0.2, 0.25) is 0 Å². The molecule has 1 aromatic heterocycles. The van der Waals surface area contributed by atoms with Crippen molar-refractivity contribution in [1.82, 2.24) is 15.6 Å². The quantitative estimate of drug-likeness (QED) is 0.836. The fraction of sp³-hybridized carbons (Fsp3) is 0.467. The van der Waals surface area contributed by atoms with Crippen LogP contribution in [0, 0.1) is 0 Å². The maximum atomic E-state index is 12.4. The Bertz CT molecular complexity index is 774. The van der Waals surface area contributed by atoms with Crippen LogP contribution in [0.25, 0.3) is 10.2 Å². The number of ether oxygens (including phenoxy) is 1. The van der Waals surface area contributed by atoms with E-state index in [0.717, 1.165) is 53.6 Å². The molecule has 3 aliphatic rings. The van der Waals surface area contributed by atoms with Gasteiger partial charge in [-0.1, -0.05) is 11.3 Å². The first-order chi connectivity index (χ1) is 10.8. The number of aromatic nitrogens is 1. The lowest BCUT2D eigenvalue weighted by Crippen LogP contribution is -2.49. The predicted octanol–water partition coefficient (Wildman–Crippen LogP) is 1.49. The molecule has 2 atom stereocenters. The second-order valence-electron chi connectivity index (χ2n) is 5.97. The third-order valence-electron chi connectivity index (χ3n) is 4.74. The fourth-order valence-corrected chi connectivity index (χ4v) is 4.70. The topological polar surface area (TPSA) is 66.5 Å². The molecular formula is C15H16N4O2S. The van der Waals surface area contributed by atoms with Crippen LogP contribution >= 0.6 is 11.3 Å². The first-order valence-electron chi connectivity index (χ1n) is 7.67. The summed E-state index contributed by atoms with van der Waals surface area (Å²) in [5, 5.41) is 7.26. The van der Waals surface area contributed by atoms with Crippen molar-refractivity contribution in [3.8, 4) is 5.75 Å². The first-order valence-corrected chi connectivity index (χ1v) is 8.48. The molecule has 4 heterocycles. The molecule has 1 aromatic carbocycles. The molecule has 0 bridgehead atoms. The number of rotatable bonds is 1. The summed E-state index contributed by atoms with van der Waals surface area (Å²) in [6, 6.07) is 4.43. The number of fused-ring (bicyclic) bond motifs is 4. The number of carbonyl (C=O) groups is 1. The van der Waals surface area contributed by atoms with E-state index < -0.39 is 0 Å². The lowest BCUT2D eigenvalue weighted by Gasteiger charge is -2.28. The molecular weight excluding hydrogens is 300 g/mol. The summed E-state index contributed by atoms with van der Waals surface area (Å²) in [5.41, 5.74) is 2.17. The average Bonchev–Trinajstić information content (AvgIpc) is 3.20. The molecule has 22 heavy (non-hydrogen) atoms. The third kappa shape index (κ3) is 1.69. The van der Waals surface area contributed by atoms with Gasteiger partial charge in [0.05, 0.1) is 28.9 Å². The van der Waals surface area contributed by atoms with E-state index in [2.05, 4.69) is 10.6 Å². The SMILES string of the molecule is O=C1NC2CCNC[C@H]2N1c1nc2c3c(ccc2s1)OCC3. The van der Waals surface area contributed by atoms with Crippen LogP contribution in [-0.2, 0) is 6.42 Å². The number of thiazole rings is 1. The van der Waals surface area contributed by atoms with Gasteiger partial charge in [0.2, 0.25) is 0 Å². The van der Waals surface area contributed by atoms with E-state index in [1.807, 2.05) is 17.0 Å². The highest BCUT2D eigenvalue weighted by molar-refractivity contribution is 7.22. The summed E-state index contributed by atoms with van der Waals surface area (Å²) in [5.74, 6) is 0.937. The normalized spacial score (nSPS) is 26.7. The lowest BCUT2D eigenvalue weighted by molar-refractivity contribution is 0.250. The Morgan fingerprint density at radius 2 is 2.36 bits per heavy atom. The fourth-order valence-electron chi connectivity index (χ4n) is 3.65. The van der Waals surface area contributed by atoms with Crippen molar-refractivity contribution < 1.29 is 9.53 Å². The van der Waals surface area contributed by atoms with Crippen molar-refractivity contribution in [1.29, 1.82) is 0 Å². The molecule has 2 amide bonds. The number of amides is 2. The lowest BCUT2D eigenvalue weighted by atomic mass is 10.0. The molecule has 7 heteroatoms. The zero-order chi connectivity index (χ0) is 14.7. The van der Waals surface area contributed by atoms with Crippen LogP contribution in [0.1, 0.15) is 12.0 Å². The molecule has 0 aliphatic carbocycles. The third-order valence-corrected chi connectivity index (χ3v) is 5.76. The maximum Gasteiger partial charge on any atom is 0.324 e. The smallest absolute Gasteiger partial charge is 0.324 e. The molecule has 2 N–H and O–H groups in total. The Hall–Kier alpha value is -1.86. The van der Waals surface area contributed by atoms with Crippen LogP contribution in [-0.4, -0.2) is 42.8 Å². The summed E-state index contributed by atoms with van der Waals surface area (Å²) in [4.78, 5) is 19.0. The van der Waals surface area contributed by atoms with Gasteiger partial charge < -0.3 is 15.4 Å². The van der Waals surface area contributed by atoms with Gasteiger partial charge in [0.1, 0.15) is 5.75 Å². The van der Waals surface area contributed by atoms with Crippen molar-refractivity contribution in [2.24, 2.45) is 0 Å². The zero-order valence-corrected chi connectivity index (χ0v) is 12.8. The number of hydrogen-bond acceptors (Lipinski definition) is 5. The minimum atomic E-state index is -0.0225. The Kier molecular flexibility index (Phi) is 2.63. The highest BCUT2D eigenvalue weighted by atomic mass is 32.1. The van der Waals surface area contributed by atoms with Crippen LogP contribution in [0.3, 0.4) is 0 Å². The number of anilines is 1. The second-order valence-corrected chi connectivity index (χ2v) is 6.98. The average molecular weight is 316 g/mol. The van der Waals surface area contributed by atoms with Crippen LogP contribution in [0.5, 0.6) is 5.75 Å². The summed E-state index contributed by atoms with van der Waals surface area (Å²) >= 11 is 1.59. The van der Waals surface area contributed by atoms with E-state index in [1.54, 1.807) is 11.3 Å². The van der Waals surface area contributed by atoms with Gasteiger partial charge >= 0.3 is 6.03 Å². The van der Waals surface area contributed by atoms with Crippen molar-refractivity contribution in [3.63, 3.8) is 0 Å². The van der Waals surface area contributed by atoms with Crippen LogP contribution in [0.4, 0.5) is 9.93 Å². The van der Waals surface area contributed by atoms with Crippen molar-refractivity contribution in [3.05, 3.63) is 17.7 Å². The first kappa shape index (κ1) is 12.7. The molecule has 2 fully saturated rings. The van der Waals surface area contributed by atoms with E-state index in [1.165, 1.54) is 5.56 Å². The molecule has 114 valence electrons. The number of carbonyl (C=O) groups excluding carboxylic acids is 1. The molecule has 0 saturated carbocycles. The summed E-state index contributed by atoms with van der Waals surface area (Å²) in [6.07, 6.45) is 1.87. The molecule has 3 aliphatic heterocycles. The van der Waals surface area contributed by atoms with Crippen molar-refractivity contribution >= 4 is 32.7 Å². The maximum absolute atomic E-state index is 12.4. The molecule has 2 saturated heterocycles. The summed E-state index contributed by atoms with van der Waals surface area (Å²) in [6.45, 7) is 2.50. The number of urea groups is 1. The zero-order valence-electron chi connectivity index (χ0n) is 12.0. The van der Waals surface area contributed by atoms with Gasteiger partial charge in [0, 0.05) is 18.5 Å². The Morgan fingerprint density at radius 1 is 1.41 bits per heavy atom. The monoisotopic (exact) mass is 316 g/mol. The van der Waals surface area contributed by atoms with Gasteiger partial charge in [-0.05, 0) is 25.1 Å². The highest BCUT2D eigenvalue weighted by Crippen LogP contribution is 2.39. The second kappa shape index (κ2) is 4.57. The summed E-state index contributed by atoms with van der Waals surface area (Å²) < 4.78 is 6.73. The van der Waals surface area contributed by atoms with E-state index in [4.69, 9.17) is 9.72 Å². The minimum absolute atomic E-state index is 0.0225. The van der Waals surface area contributed by atoms with E-state index in [-0.39, 0.29) is 18.1 Å². The predicted molar refractivity (Wildman–Crippen MR) is 84.9 cm³/mol. The Morgan fingerprint density at radius 3 is 3.32 bits per heavy atom. The molecule has 0 radical (unpaired) electrons. The number of nitrogens with zero attached hydrogens (tertiary/aromatic N) is 2. The standard InChI is InChI=1S/C15H16N4O2S/c20-14-17-9-3-5-16-7-10(9)19(14)15-18-13-8-4-6-21-11(8)1-2-12(13)22-15/h1-2,9-10,16H,3-7H2,(H,17,20)/t9?,10-/m1/s1. The van der Waals surface area contributed by atoms with E-state index >= 15 is 0 Å². The van der Waals surface area contributed by atoms with Gasteiger partial charge in [0.15, 0.2) is 5.13 Å². The van der Waals surface area contributed by atoms with Gasteiger partial charge in [-0.3, -0.25) is 4.90 Å². The van der Waals surface area contributed by atoms with Crippen molar-refractivity contribution in [2.45, 2.75) is 24.9 Å². The van der Waals surface area contributed by atoms with E-state index in [9.17, 15) is 4.79 Å². The van der Waals surface area contributed by atoms with Crippen LogP contribution in [0.15, 0.2) is 12.1 Å². The van der Waals surface area contributed by atoms with Crippen molar-refractivity contribution in [2.75, 3.05) is 24.6 Å². The van der Waals surface area contributed by atoms with Gasteiger partial charge in [-0.15, -0.1) is 0 Å². The van der Waals surface area contributed by atoms with Crippen LogP contribution < -0.4 is 20.3 Å². The van der Waals surface area contributed by atoms with Gasteiger partial charge in [-0.25, -0.2) is 9.78 Å². The molecule has 5 rings (SSSR count). The Balaban J connectivity index is 1.60. The molecule has 2 aromatic rings. The molecule has 0 spiro atoms. The highest BCUT2D eigenvalue weighted by Gasteiger charge is 2.42. The number of benzene rings is 1. The number of hydrogen-bond donors (Lipinski definition) is 2. The van der Waals surface area contributed by atoms with E-state index in [0.29, 0.717) is 0 Å². The van der Waals surface area contributed by atoms with Gasteiger partial charge in [-0.2, -0.15) is 0 Å². The minimum Gasteiger partial charge on any atom is -0.493 e. The molecule has 6 nitrogen and oxygen atoms in total. The number of piperidine rings is 1. The number of nitrogens with one attached hydrogen (secondary N) is 2. The molecule has 1 unspecified atom stereocenters. The largest absolute Gasteiger partial charge is 0.493 e. The Labute approximate surface area is 131 Å². The summed E-state index contributed by atoms with van der Waals surface area (Å²) in [7, 11) is 0. The van der Waals surface area contributed by atoms with Gasteiger partial charge in [0.25, 0.3) is 0 Å².